The Kier molecular flexibility index (Phi) is 2.77. The lowest BCUT2D eigenvalue weighted by Crippen LogP contribution is -2.57. The number of hydrogen-bond acceptors (Lipinski definition) is 3. The Labute approximate surface area is 133 Å². The number of fused-ring (bicyclic) bond motifs is 3. The van der Waals surface area contributed by atoms with Crippen molar-refractivity contribution in [3.8, 4) is 11.3 Å². The minimum Gasteiger partial charge on any atom is -0.392 e. The summed E-state index contributed by atoms with van der Waals surface area (Å²) < 4.78 is 21.2. The van der Waals surface area contributed by atoms with E-state index in [4.69, 9.17) is 4.74 Å². The molecule has 0 radical (unpaired) electrons. The maximum atomic E-state index is 13.7. The highest BCUT2D eigenvalue weighted by Gasteiger charge is 2.57. The molecule has 1 aliphatic carbocycles. The van der Waals surface area contributed by atoms with Crippen LogP contribution < -0.4 is 0 Å². The van der Waals surface area contributed by atoms with Crippen LogP contribution in [-0.2, 0) is 4.74 Å². The zero-order valence-corrected chi connectivity index (χ0v) is 12.8. The minimum absolute atomic E-state index is 0.0203. The zero-order valence-electron chi connectivity index (χ0n) is 12.8. The molecule has 1 spiro atoms. The number of ether oxygens (including phenoxy) is 1. The molecule has 0 amide bonds. The average Bonchev–Trinajstić information content (AvgIpc) is 3.15. The highest BCUT2D eigenvalue weighted by molar-refractivity contribution is 5.69. The van der Waals surface area contributed by atoms with Crippen molar-refractivity contribution in [2.45, 2.75) is 31.4 Å². The third-order valence-corrected chi connectivity index (χ3v) is 6.15. The van der Waals surface area contributed by atoms with Gasteiger partial charge in [-0.1, -0.05) is 6.07 Å². The molecule has 1 saturated heterocycles. The number of aliphatic hydroxyl groups is 1. The lowest BCUT2D eigenvalue weighted by molar-refractivity contribution is -0.173. The van der Waals surface area contributed by atoms with Gasteiger partial charge in [0.2, 0.25) is 0 Å². The van der Waals surface area contributed by atoms with Gasteiger partial charge in [-0.3, -0.25) is 0 Å². The number of benzene rings is 1. The summed E-state index contributed by atoms with van der Waals surface area (Å²) in [5.41, 5.74) is 2.99. The van der Waals surface area contributed by atoms with E-state index in [9.17, 15) is 9.50 Å². The fourth-order valence-electron chi connectivity index (χ4n) is 4.89. The van der Waals surface area contributed by atoms with Gasteiger partial charge in [0.15, 0.2) is 0 Å². The number of halogens is 1. The maximum absolute atomic E-state index is 13.7. The summed E-state index contributed by atoms with van der Waals surface area (Å²) in [6, 6.07) is 5.02. The van der Waals surface area contributed by atoms with Crippen LogP contribution in [0.5, 0.6) is 0 Å². The Bertz CT molecular complexity index is 766. The Hall–Kier alpha value is -1.72. The molecule has 0 bridgehead atoms. The van der Waals surface area contributed by atoms with Gasteiger partial charge in [0.25, 0.3) is 0 Å². The average molecular weight is 314 g/mol. The van der Waals surface area contributed by atoms with E-state index in [-0.39, 0.29) is 29.3 Å². The number of nitrogens with zero attached hydrogens (tertiary/aromatic N) is 2. The SMILES string of the molecule is O[C@H]1[C@@H](C2c3ccc(F)cc3-c3cncn32)CC12CCOCC2. The van der Waals surface area contributed by atoms with Crippen LogP contribution in [0.3, 0.4) is 0 Å². The third-order valence-electron chi connectivity index (χ3n) is 6.15. The number of hydrogen-bond donors (Lipinski definition) is 1. The molecule has 3 aliphatic rings. The molecular formula is C18H19FN2O2. The second-order valence-corrected chi connectivity index (χ2v) is 7.15. The lowest BCUT2D eigenvalue weighted by atomic mass is 9.53. The largest absolute Gasteiger partial charge is 0.392 e. The first kappa shape index (κ1) is 13.7. The number of imidazole rings is 1. The predicted octanol–water partition coefficient (Wildman–Crippen LogP) is 2.77. The molecule has 2 fully saturated rings. The summed E-state index contributed by atoms with van der Waals surface area (Å²) in [5.74, 6) is -0.0695. The van der Waals surface area contributed by atoms with Gasteiger partial charge in [-0.05, 0) is 37.0 Å². The van der Waals surface area contributed by atoms with E-state index in [1.165, 1.54) is 6.07 Å². The van der Waals surface area contributed by atoms with Crippen LogP contribution >= 0.6 is 0 Å². The number of rotatable bonds is 1. The molecule has 2 aliphatic heterocycles. The van der Waals surface area contributed by atoms with Crippen molar-refractivity contribution in [1.29, 1.82) is 0 Å². The fourth-order valence-corrected chi connectivity index (χ4v) is 4.89. The van der Waals surface area contributed by atoms with Gasteiger partial charge in [-0.15, -0.1) is 0 Å². The minimum atomic E-state index is -0.331. The van der Waals surface area contributed by atoms with Gasteiger partial charge in [-0.25, -0.2) is 9.37 Å². The molecular weight excluding hydrogens is 295 g/mol. The van der Waals surface area contributed by atoms with Gasteiger partial charge in [0, 0.05) is 30.1 Å². The van der Waals surface area contributed by atoms with Crippen molar-refractivity contribution >= 4 is 0 Å². The van der Waals surface area contributed by atoms with Crippen LogP contribution in [0.4, 0.5) is 4.39 Å². The molecule has 1 N–H and O–H groups in total. The third kappa shape index (κ3) is 1.75. The van der Waals surface area contributed by atoms with Crippen LogP contribution in [0, 0.1) is 17.2 Å². The molecule has 120 valence electrons. The summed E-state index contributed by atoms with van der Waals surface area (Å²) in [7, 11) is 0. The molecule has 3 heterocycles. The summed E-state index contributed by atoms with van der Waals surface area (Å²) in [6.07, 6.45) is 6.13. The molecule has 1 unspecified atom stereocenters. The van der Waals surface area contributed by atoms with Crippen LogP contribution in [0.1, 0.15) is 30.9 Å². The van der Waals surface area contributed by atoms with Crippen LogP contribution in [0.25, 0.3) is 11.3 Å². The monoisotopic (exact) mass is 314 g/mol. The summed E-state index contributed by atoms with van der Waals surface area (Å²) in [4.78, 5) is 4.23. The summed E-state index contributed by atoms with van der Waals surface area (Å²) in [6.45, 7) is 1.49. The van der Waals surface area contributed by atoms with Crippen molar-refractivity contribution in [2.75, 3.05) is 13.2 Å². The standard InChI is InChI=1S/C18H19FN2O2/c19-11-1-2-12-13(7-11)15-9-20-10-21(15)16(12)14-8-18(17(14)22)3-5-23-6-4-18/h1-2,7,9-10,14,16-17,22H,3-6,8H2/t14-,16?,17+/m1/s1. The molecule has 1 saturated carbocycles. The Morgan fingerprint density at radius 3 is 2.91 bits per heavy atom. The maximum Gasteiger partial charge on any atom is 0.123 e. The van der Waals surface area contributed by atoms with E-state index in [1.54, 1.807) is 18.6 Å². The van der Waals surface area contributed by atoms with Crippen molar-refractivity contribution < 1.29 is 14.2 Å². The molecule has 3 atom stereocenters. The Morgan fingerprint density at radius 2 is 2.13 bits per heavy atom. The Balaban J connectivity index is 1.53. The second kappa shape index (κ2) is 4.65. The predicted molar refractivity (Wildman–Crippen MR) is 82.4 cm³/mol. The summed E-state index contributed by atoms with van der Waals surface area (Å²) >= 11 is 0. The molecule has 1 aromatic carbocycles. The van der Waals surface area contributed by atoms with Gasteiger partial charge in [0.1, 0.15) is 5.82 Å². The molecule has 2 aromatic rings. The Morgan fingerprint density at radius 1 is 1.30 bits per heavy atom. The van der Waals surface area contributed by atoms with Crippen LogP contribution in [0.2, 0.25) is 0 Å². The van der Waals surface area contributed by atoms with Crippen molar-refractivity contribution in [1.82, 2.24) is 9.55 Å². The molecule has 5 heteroatoms. The van der Waals surface area contributed by atoms with Gasteiger partial charge >= 0.3 is 0 Å². The van der Waals surface area contributed by atoms with Crippen molar-refractivity contribution in [3.63, 3.8) is 0 Å². The first-order valence-corrected chi connectivity index (χ1v) is 8.27. The van der Waals surface area contributed by atoms with Gasteiger partial charge < -0.3 is 14.4 Å². The highest BCUT2D eigenvalue weighted by atomic mass is 19.1. The van der Waals surface area contributed by atoms with Crippen molar-refractivity contribution in [2.24, 2.45) is 11.3 Å². The van der Waals surface area contributed by atoms with E-state index in [1.807, 2.05) is 6.07 Å². The van der Waals surface area contributed by atoms with Crippen LogP contribution in [-0.4, -0.2) is 34.0 Å². The first-order valence-electron chi connectivity index (χ1n) is 8.27. The molecule has 23 heavy (non-hydrogen) atoms. The number of aliphatic hydroxyl groups excluding tert-OH is 1. The highest BCUT2D eigenvalue weighted by Crippen LogP contribution is 2.59. The van der Waals surface area contributed by atoms with Gasteiger partial charge in [0.05, 0.1) is 30.4 Å². The molecule has 1 aromatic heterocycles. The molecule has 4 nitrogen and oxygen atoms in total. The summed E-state index contributed by atoms with van der Waals surface area (Å²) in [5, 5.41) is 10.9. The lowest BCUT2D eigenvalue weighted by Gasteiger charge is -2.56. The zero-order chi connectivity index (χ0) is 15.6. The van der Waals surface area contributed by atoms with E-state index in [0.717, 1.165) is 49.3 Å². The van der Waals surface area contributed by atoms with Crippen LogP contribution in [0.15, 0.2) is 30.7 Å². The topological polar surface area (TPSA) is 47.3 Å². The second-order valence-electron chi connectivity index (χ2n) is 7.15. The quantitative estimate of drug-likeness (QED) is 0.880. The normalized spacial score (nSPS) is 30.8. The number of aromatic nitrogens is 2. The van der Waals surface area contributed by atoms with E-state index < -0.39 is 0 Å². The fraction of sp³-hybridized carbons (Fsp3) is 0.500. The van der Waals surface area contributed by atoms with E-state index in [0.29, 0.717) is 0 Å². The van der Waals surface area contributed by atoms with Gasteiger partial charge in [-0.2, -0.15) is 0 Å². The van der Waals surface area contributed by atoms with Crippen molar-refractivity contribution in [3.05, 3.63) is 42.1 Å². The smallest absolute Gasteiger partial charge is 0.123 e. The first-order chi connectivity index (χ1) is 11.2. The van der Waals surface area contributed by atoms with E-state index in [2.05, 4.69) is 9.55 Å². The molecule has 5 rings (SSSR count). The van der Waals surface area contributed by atoms with E-state index >= 15 is 0 Å².